The molecule has 1 aromatic carbocycles. The van der Waals surface area contributed by atoms with Gasteiger partial charge in [0.15, 0.2) is 0 Å². The van der Waals surface area contributed by atoms with E-state index >= 15 is 0 Å². The van der Waals surface area contributed by atoms with Gasteiger partial charge in [0.25, 0.3) is 5.91 Å². The lowest BCUT2D eigenvalue weighted by Gasteiger charge is -2.05. The molecule has 2 rings (SSSR count). The molecular formula is C14H12F2N2O. The molecule has 0 atom stereocenters. The third-order valence-electron chi connectivity index (χ3n) is 2.60. The van der Waals surface area contributed by atoms with E-state index in [4.69, 9.17) is 0 Å². The summed E-state index contributed by atoms with van der Waals surface area (Å²) in [6.07, 6.45) is 1.82. The van der Waals surface area contributed by atoms with Crippen LogP contribution in [-0.4, -0.2) is 17.4 Å². The maximum absolute atomic E-state index is 12.8. The summed E-state index contributed by atoms with van der Waals surface area (Å²) in [5.41, 5.74) is 1.15. The van der Waals surface area contributed by atoms with Gasteiger partial charge in [-0.3, -0.25) is 4.79 Å². The number of nitrogens with one attached hydrogen (secondary N) is 1. The van der Waals surface area contributed by atoms with Crippen molar-refractivity contribution in [1.82, 2.24) is 10.3 Å². The molecule has 19 heavy (non-hydrogen) atoms. The first-order valence-electron chi connectivity index (χ1n) is 5.79. The van der Waals surface area contributed by atoms with Crippen molar-refractivity contribution in [3.05, 3.63) is 65.5 Å². The molecule has 0 aliphatic carbocycles. The first-order chi connectivity index (χ1) is 9.15. The van der Waals surface area contributed by atoms with Gasteiger partial charge >= 0.3 is 0 Å². The number of carbonyl (C=O) groups is 1. The first-order valence-corrected chi connectivity index (χ1v) is 5.79. The first kappa shape index (κ1) is 13.1. The molecule has 98 valence electrons. The van der Waals surface area contributed by atoms with Crippen molar-refractivity contribution in [2.75, 3.05) is 6.54 Å². The third-order valence-corrected chi connectivity index (χ3v) is 2.60. The van der Waals surface area contributed by atoms with Crippen molar-refractivity contribution in [3.8, 4) is 0 Å². The van der Waals surface area contributed by atoms with E-state index in [1.165, 1.54) is 24.4 Å². The van der Waals surface area contributed by atoms with Crippen molar-refractivity contribution in [3.63, 3.8) is 0 Å². The van der Waals surface area contributed by atoms with Crippen LogP contribution in [0.15, 0.2) is 42.6 Å². The Kier molecular flexibility index (Phi) is 4.18. The van der Waals surface area contributed by atoms with Gasteiger partial charge in [0.2, 0.25) is 5.95 Å². The third kappa shape index (κ3) is 3.84. The number of hydrogen-bond donors (Lipinski definition) is 1. The summed E-state index contributed by atoms with van der Waals surface area (Å²) in [7, 11) is 0. The Morgan fingerprint density at radius 3 is 2.58 bits per heavy atom. The van der Waals surface area contributed by atoms with Crippen LogP contribution < -0.4 is 5.32 Å². The second kappa shape index (κ2) is 6.04. The molecule has 0 aliphatic rings. The lowest BCUT2D eigenvalue weighted by molar-refractivity contribution is 0.0953. The molecule has 0 unspecified atom stereocenters. The topological polar surface area (TPSA) is 42.0 Å². The molecule has 5 heteroatoms. The lowest BCUT2D eigenvalue weighted by Crippen LogP contribution is -2.25. The second-order valence-corrected chi connectivity index (χ2v) is 4.00. The summed E-state index contributed by atoms with van der Waals surface area (Å²) in [5.74, 6) is -1.34. The van der Waals surface area contributed by atoms with Crippen LogP contribution in [0.2, 0.25) is 0 Å². The molecular weight excluding hydrogens is 250 g/mol. The fraction of sp³-hybridized carbons (Fsp3) is 0.143. The van der Waals surface area contributed by atoms with Crippen LogP contribution >= 0.6 is 0 Å². The molecule has 0 bridgehead atoms. The minimum atomic E-state index is -0.689. The van der Waals surface area contributed by atoms with Crippen molar-refractivity contribution >= 4 is 5.91 Å². The Bertz CT molecular complexity index is 570. The van der Waals surface area contributed by atoms with Gasteiger partial charge in [-0.15, -0.1) is 0 Å². The average molecular weight is 262 g/mol. The largest absolute Gasteiger partial charge is 0.352 e. The van der Waals surface area contributed by atoms with Crippen LogP contribution in [0.4, 0.5) is 8.78 Å². The van der Waals surface area contributed by atoms with Crippen molar-refractivity contribution < 1.29 is 13.6 Å². The highest BCUT2D eigenvalue weighted by Crippen LogP contribution is 2.03. The maximum Gasteiger partial charge on any atom is 0.251 e. The molecule has 1 amide bonds. The zero-order chi connectivity index (χ0) is 13.7. The van der Waals surface area contributed by atoms with Gasteiger partial charge in [0.05, 0.1) is 0 Å². The van der Waals surface area contributed by atoms with Gasteiger partial charge in [-0.05, 0) is 30.2 Å². The summed E-state index contributed by atoms with van der Waals surface area (Å²) >= 11 is 0. The molecule has 1 N–H and O–H groups in total. The molecule has 0 aliphatic heterocycles. The maximum atomic E-state index is 12.8. The van der Waals surface area contributed by atoms with Crippen molar-refractivity contribution in [2.45, 2.75) is 6.42 Å². The van der Waals surface area contributed by atoms with Gasteiger partial charge in [-0.1, -0.05) is 12.1 Å². The number of pyridine rings is 1. The van der Waals surface area contributed by atoms with Gasteiger partial charge in [0, 0.05) is 24.4 Å². The lowest BCUT2D eigenvalue weighted by atomic mass is 10.1. The second-order valence-electron chi connectivity index (χ2n) is 4.00. The Labute approximate surface area is 109 Å². The van der Waals surface area contributed by atoms with E-state index in [9.17, 15) is 13.6 Å². The molecule has 0 saturated heterocycles. The molecule has 1 aromatic heterocycles. The highest BCUT2D eigenvalue weighted by Gasteiger charge is 2.06. The fourth-order valence-corrected chi connectivity index (χ4v) is 1.62. The summed E-state index contributed by atoms with van der Waals surface area (Å²) in [4.78, 5) is 15.1. The minimum absolute atomic E-state index is 0.228. The van der Waals surface area contributed by atoms with Crippen molar-refractivity contribution in [2.24, 2.45) is 0 Å². The smallest absolute Gasteiger partial charge is 0.251 e. The van der Waals surface area contributed by atoms with E-state index in [0.717, 1.165) is 11.6 Å². The quantitative estimate of drug-likeness (QED) is 0.859. The van der Waals surface area contributed by atoms with Gasteiger partial charge in [-0.25, -0.2) is 9.37 Å². The molecule has 1 heterocycles. The van der Waals surface area contributed by atoms with Crippen molar-refractivity contribution in [1.29, 1.82) is 0 Å². The summed E-state index contributed by atoms with van der Waals surface area (Å²) in [6, 6.07) is 8.58. The van der Waals surface area contributed by atoms with Gasteiger partial charge < -0.3 is 5.32 Å². The van der Waals surface area contributed by atoms with Crippen LogP contribution in [-0.2, 0) is 6.42 Å². The highest BCUT2D eigenvalue weighted by atomic mass is 19.1. The predicted octanol–water partition coefficient (Wildman–Crippen LogP) is 2.33. The van der Waals surface area contributed by atoms with Crippen LogP contribution in [0.5, 0.6) is 0 Å². The van der Waals surface area contributed by atoms with E-state index in [1.807, 2.05) is 0 Å². The molecule has 3 nitrogen and oxygen atoms in total. The number of nitrogens with zero attached hydrogens (tertiary/aromatic N) is 1. The molecule has 2 aromatic rings. The van der Waals surface area contributed by atoms with Crippen LogP contribution in [0.3, 0.4) is 0 Å². The SMILES string of the molecule is O=C(NCCc1ccc(F)cc1)c1ccnc(F)c1. The van der Waals surface area contributed by atoms with Crippen LogP contribution in [0.25, 0.3) is 0 Å². The molecule has 0 radical (unpaired) electrons. The number of benzene rings is 1. The molecule has 0 saturated carbocycles. The van der Waals surface area contributed by atoms with Gasteiger partial charge in [0.1, 0.15) is 5.82 Å². The van der Waals surface area contributed by atoms with E-state index in [-0.39, 0.29) is 17.3 Å². The van der Waals surface area contributed by atoms with E-state index in [0.29, 0.717) is 13.0 Å². The summed E-state index contributed by atoms with van der Waals surface area (Å²) in [6.45, 7) is 0.397. The highest BCUT2D eigenvalue weighted by molar-refractivity contribution is 5.93. The normalized spacial score (nSPS) is 10.2. The van der Waals surface area contributed by atoms with E-state index in [2.05, 4.69) is 10.3 Å². The van der Waals surface area contributed by atoms with E-state index < -0.39 is 5.95 Å². The van der Waals surface area contributed by atoms with Crippen LogP contribution in [0.1, 0.15) is 15.9 Å². The number of rotatable bonds is 4. The molecule has 0 spiro atoms. The molecule has 0 fully saturated rings. The van der Waals surface area contributed by atoms with Gasteiger partial charge in [-0.2, -0.15) is 4.39 Å². The Balaban J connectivity index is 1.86. The Hall–Kier alpha value is -2.30. The Morgan fingerprint density at radius 1 is 1.16 bits per heavy atom. The minimum Gasteiger partial charge on any atom is -0.352 e. The summed E-state index contributed by atoms with van der Waals surface area (Å²) in [5, 5.41) is 2.66. The Morgan fingerprint density at radius 2 is 1.89 bits per heavy atom. The van der Waals surface area contributed by atoms with Crippen LogP contribution in [0, 0.1) is 11.8 Å². The average Bonchev–Trinajstić information content (AvgIpc) is 2.41. The predicted molar refractivity (Wildman–Crippen MR) is 66.6 cm³/mol. The number of aromatic nitrogens is 1. The number of halogens is 2. The van der Waals surface area contributed by atoms with E-state index in [1.54, 1.807) is 12.1 Å². The number of hydrogen-bond acceptors (Lipinski definition) is 2. The zero-order valence-electron chi connectivity index (χ0n) is 10.1. The zero-order valence-corrected chi connectivity index (χ0v) is 10.1. The number of amides is 1. The summed E-state index contributed by atoms with van der Waals surface area (Å²) < 4.78 is 25.5. The fourth-order valence-electron chi connectivity index (χ4n) is 1.62. The monoisotopic (exact) mass is 262 g/mol. The standard InChI is InChI=1S/C14H12F2N2O/c15-12-3-1-10(2-4-12)5-7-18-14(19)11-6-8-17-13(16)9-11/h1-4,6,8-9H,5,7H2,(H,18,19). The number of carbonyl (C=O) groups excluding carboxylic acids is 1.